The van der Waals surface area contributed by atoms with Crippen molar-refractivity contribution >= 4 is 61.2 Å². The summed E-state index contributed by atoms with van der Waals surface area (Å²) in [4.78, 5) is 34.3. The number of hydrogen-bond donors (Lipinski definition) is 1. The second-order valence-corrected chi connectivity index (χ2v) is 9.93. The van der Waals surface area contributed by atoms with Crippen LogP contribution in [0.4, 0.5) is 5.13 Å². The van der Waals surface area contributed by atoms with Crippen molar-refractivity contribution in [2.45, 2.75) is 44.4 Å². The maximum Gasteiger partial charge on any atom is 0.338 e. The molecule has 4 rings (SSSR count). The number of anilines is 1. The third-order valence-corrected chi connectivity index (χ3v) is 7.50. The first-order valence-corrected chi connectivity index (χ1v) is 12.5. The highest BCUT2D eigenvalue weighted by atomic mass is 32.2. The first kappa shape index (κ1) is 23.2. The lowest BCUT2D eigenvalue weighted by atomic mass is 10.1. The van der Waals surface area contributed by atoms with E-state index in [4.69, 9.17) is 9.72 Å². The average Bonchev–Trinajstić information content (AvgIpc) is 3.19. The Hall–Kier alpha value is -2.97. The molecule has 0 aliphatic heterocycles. The van der Waals surface area contributed by atoms with Crippen molar-refractivity contribution < 1.29 is 14.3 Å². The van der Waals surface area contributed by atoms with Gasteiger partial charge in [-0.1, -0.05) is 48.2 Å². The van der Waals surface area contributed by atoms with Gasteiger partial charge in [0, 0.05) is 5.39 Å². The Labute approximate surface area is 200 Å². The number of benzene rings is 2. The third-order valence-electron chi connectivity index (χ3n) is 5.28. The van der Waals surface area contributed by atoms with E-state index in [1.165, 1.54) is 23.1 Å². The van der Waals surface area contributed by atoms with Gasteiger partial charge in [-0.25, -0.2) is 14.8 Å². The topological polar surface area (TPSA) is 81.2 Å². The van der Waals surface area contributed by atoms with E-state index in [1.807, 2.05) is 32.0 Å². The summed E-state index contributed by atoms with van der Waals surface area (Å²) in [6.45, 7) is 8.20. The largest absolute Gasteiger partial charge is 0.462 e. The number of aromatic nitrogens is 2. The number of nitrogens with one attached hydrogen (secondary N) is 1. The van der Waals surface area contributed by atoms with Crippen molar-refractivity contribution in [3.05, 3.63) is 59.2 Å². The van der Waals surface area contributed by atoms with E-state index >= 15 is 0 Å². The van der Waals surface area contributed by atoms with Crippen LogP contribution in [0.5, 0.6) is 0 Å². The quantitative estimate of drug-likeness (QED) is 0.253. The Morgan fingerprint density at radius 2 is 1.91 bits per heavy atom. The summed E-state index contributed by atoms with van der Waals surface area (Å²) in [6.07, 6.45) is 0.654. The molecule has 0 aliphatic carbocycles. The van der Waals surface area contributed by atoms with Crippen LogP contribution in [0, 0.1) is 13.8 Å². The number of esters is 1. The first-order chi connectivity index (χ1) is 15.9. The van der Waals surface area contributed by atoms with Crippen LogP contribution in [0.3, 0.4) is 0 Å². The van der Waals surface area contributed by atoms with Crippen LogP contribution >= 0.6 is 23.1 Å². The molecule has 4 aromatic rings. The number of ether oxygens (including phenoxy) is 1. The number of aryl methyl sites for hydroxylation is 2. The number of fused-ring (bicyclic) bond motifs is 2. The number of amides is 1. The van der Waals surface area contributed by atoms with Gasteiger partial charge in [-0.2, -0.15) is 0 Å². The van der Waals surface area contributed by atoms with Crippen LogP contribution in [0.15, 0.2) is 47.5 Å². The lowest BCUT2D eigenvalue weighted by Gasteiger charge is -2.14. The Balaban J connectivity index is 1.52. The van der Waals surface area contributed by atoms with Crippen molar-refractivity contribution in [3.63, 3.8) is 0 Å². The zero-order chi connectivity index (χ0) is 23.5. The second-order valence-electron chi connectivity index (χ2n) is 7.67. The standard InChI is InChI=1S/C25H25N3O3S2/c1-5-19(32-21-12-15(4)17-9-7-8-14(3)22(17)27-21)23(29)28-25-26-18-11-10-16(13-20(18)33-25)24(30)31-6-2/h7-13,19H,5-6H2,1-4H3,(H,26,28,29). The van der Waals surface area contributed by atoms with Gasteiger partial charge in [-0.15, -0.1) is 0 Å². The molecule has 0 bridgehead atoms. The molecule has 1 N–H and O–H groups in total. The lowest BCUT2D eigenvalue weighted by Crippen LogP contribution is -2.24. The molecule has 2 heterocycles. The van der Waals surface area contributed by atoms with Gasteiger partial charge in [0.15, 0.2) is 5.13 Å². The molecule has 0 aliphatic rings. The van der Waals surface area contributed by atoms with E-state index in [9.17, 15) is 9.59 Å². The number of nitrogens with zero attached hydrogens (tertiary/aromatic N) is 2. The minimum Gasteiger partial charge on any atom is -0.462 e. The minimum atomic E-state index is -0.366. The fourth-order valence-corrected chi connectivity index (χ4v) is 5.49. The molecule has 170 valence electrons. The normalized spacial score (nSPS) is 12.1. The van der Waals surface area contributed by atoms with Crippen LogP contribution in [0.25, 0.3) is 21.1 Å². The van der Waals surface area contributed by atoms with E-state index in [0.717, 1.165) is 37.3 Å². The molecule has 0 saturated heterocycles. The molecule has 0 fully saturated rings. The summed E-state index contributed by atoms with van der Waals surface area (Å²) >= 11 is 2.81. The van der Waals surface area contributed by atoms with E-state index in [2.05, 4.69) is 23.3 Å². The maximum atomic E-state index is 13.0. The van der Waals surface area contributed by atoms with Gasteiger partial charge in [-0.05, 0) is 62.6 Å². The molecule has 1 amide bonds. The van der Waals surface area contributed by atoms with Crippen LogP contribution < -0.4 is 5.32 Å². The van der Waals surface area contributed by atoms with E-state index in [1.54, 1.807) is 25.1 Å². The Kier molecular flexibility index (Phi) is 6.95. The van der Waals surface area contributed by atoms with Crippen LogP contribution in [-0.4, -0.2) is 33.7 Å². The van der Waals surface area contributed by atoms with Crippen molar-refractivity contribution in [1.29, 1.82) is 0 Å². The molecular weight excluding hydrogens is 454 g/mol. The lowest BCUT2D eigenvalue weighted by molar-refractivity contribution is -0.115. The number of thioether (sulfide) groups is 1. The second kappa shape index (κ2) is 9.89. The smallest absolute Gasteiger partial charge is 0.338 e. The summed E-state index contributed by atoms with van der Waals surface area (Å²) < 4.78 is 5.88. The monoisotopic (exact) mass is 479 g/mol. The molecule has 8 heteroatoms. The molecule has 0 spiro atoms. The predicted octanol–water partition coefficient (Wildman–Crippen LogP) is 6.15. The molecule has 2 aromatic heterocycles. The average molecular weight is 480 g/mol. The summed E-state index contributed by atoms with van der Waals surface area (Å²) in [5.41, 5.74) is 4.43. The molecular formula is C25H25N3O3S2. The van der Waals surface area contributed by atoms with E-state index in [0.29, 0.717) is 23.7 Å². The zero-order valence-electron chi connectivity index (χ0n) is 19.0. The molecule has 1 atom stereocenters. The molecule has 0 saturated carbocycles. The highest BCUT2D eigenvalue weighted by Gasteiger charge is 2.21. The maximum absolute atomic E-state index is 13.0. The van der Waals surface area contributed by atoms with Gasteiger partial charge in [0.25, 0.3) is 0 Å². The van der Waals surface area contributed by atoms with Gasteiger partial charge < -0.3 is 10.1 Å². The van der Waals surface area contributed by atoms with Gasteiger partial charge in [0.1, 0.15) is 0 Å². The van der Waals surface area contributed by atoms with Crippen LogP contribution in [0.2, 0.25) is 0 Å². The summed E-state index contributed by atoms with van der Waals surface area (Å²) in [5, 5.41) is 5.11. The number of carbonyl (C=O) groups excluding carboxylic acids is 2. The number of carbonyl (C=O) groups is 2. The molecule has 6 nitrogen and oxygen atoms in total. The van der Waals surface area contributed by atoms with E-state index in [-0.39, 0.29) is 17.1 Å². The number of pyridine rings is 1. The number of thiazole rings is 1. The highest BCUT2D eigenvalue weighted by molar-refractivity contribution is 8.00. The first-order valence-electron chi connectivity index (χ1n) is 10.8. The van der Waals surface area contributed by atoms with Crippen LogP contribution in [-0.2, 0) is 9.53 Å². The Morgan fingerprint density at radius 3 is 2.67 bits per heavy atom. The Bertz CT molecular complexity index is 1350. The van der Waals surface area contributed by atoms with Crippen molar-refractivity contribution in [1.82, 2.24) is 9.97 Å². The number of rotatable bonds is 7. The Morgan fingerprint density at radius 1 is 1.09 bits per heavy atom. The molecule has 0 radical (unpaired) electrons. The minimum absolute atomic E-state index is 0.114. The number of hydrogen-bond acceptors (Lipinski definition) is 7. The van der Waals surface area contributed by atoms with Crippen molar-refractivity contribution in [2.75, 3.05) is 11.9 Å². The highest BCUT2D eigenvalue weighted by Crippen LogP contribution is 2.31. The van der Waals surface area contributed by atoms with Gasteiger partial charge in [0.2, 0.25) is 5.91 Å². The molecule has 1 unspecified atom stereocenters. The number of para-hydroxylation sites is 1. The SMILES string of the molecule is CCOC(=O)c1ccc2nc(NC(=O)C(CC)Sc3cc(C)c4cccc(C)c4n3)sc2c1. The zero-order valence-corrected chi connectivity index (χ0v) is 20.6. The van der Waals surface area contributed by atoms with E-state index < -0.39 is 0 Å². The summed E-state index contributed by atoms with van der Waals surface area (Å²) in [6, 6.07) is 13.4. The van der Waals surface area contributed by atoms with Crippen LogP contribution in [0.1, 0.15) is 41.8 Å². The third kappa shape index (κ3) is 5.02. The summed E-state index contributed by atoms with van der Waals surface area (Å²) in [5.74, 6) is -0.481. The van der Waals surface area contributed by atoms with Gasteiger partial charge in [0.05, 0.1) is 38.2 Å². The summed E-state index contributed by atoms with van der Waals surface area (Å²) in [7, 11) is 0. The molecule has 2 aromatic carbocycles. The predicted molar refractivity (Wildman–Crippen MR) is 135 cm³/mol. The van der Waals surface area contributed by atoms with Gasteiger partial charge in [-0.3, -0.25) is 4.79 Å². The fraction of sp³-hybridized carbons (Fsp3) is 0.280. The van der Waals surface area contributed by atoms with Gasteiger partial charge >= 0.3 is 5.97 Å². The fourth-order valence-electron chi connectivity index (χ4n) is 3.56. The van der Waals surface area contributed by atoms with Crippen molar-refractivity contribution in [3.8, 4) is 0 Å². The van der Waals surface area contributed by atoms with Crippen molar-refractivity contribution in [2.24, 2.45) is 0 Å². The molecule has 33 heavy (non-hydrogen) atoms.